The zero-order valence-corrected chi connectivity index (χ0v) is 14.7. The average Bonchev–Trinajstić information content (AvgIpc) is 2.62. The summed E-state index contributed by atoms with van der Waals surface area (Å²) < 4.78 is 0. The van der Waals surface area contributed by atoms with Crippen LogP contribution in [0.3, 0.4) is 0 Å². The number of aromatic nitrogens is 1. The third kappa shape index (κ3) is 4.24. The van der Waals surface area contributed by atoms with Crippen molar-refractivity contribution < 1.29 is 9.59 Å². The fourth-order valence-corrected chi connectivity index (χ4v) is 3.14. The van der Waals surface area contributed by atoms with E-state index in [-0.39, 0.29) is 11.7 Å². The van der Waals surface area contributed by atoms with Gasteiger partial charge in [-0.2, -0.15) is 0 Å². The van der Waals surface area contributed by atoms with Gasteiger partial charge in [0.25, 0.3) is 5.91 Å². The molecule has 0 spiro atoms. The number of benzene rings is 1. The molecule has 0 saturated carbocycles. The molecule has 130 valence electrons. The first-order valence-corrected chi connectivity index (χ1v) is 8.66. The fraction of sp³-hybridized carbons (Fsp3) is 0.350. The van der Waals surface area contributed by atoms with Crippen LogP contribution in [-0.2, 0) is 0 Å². The fourth-order valence-electron chi connectivity index (χ4n) is 3.14. The van der Waals surface area contributed by atoms with E-state index in [0.717, 1.165) is 18.8 Å². The maximum Gasteiger partial charge on any atom is 0.274 e. The van der Waals surface area contributed by atoms with Crippen LogP contribution in [0.25, 0.3) is 0 Å². The van der Waals surface area contributed by atoms with Crippen molar-refractivity contribution in [3.05, 3.63) is 53.9 Å². The number of nitrogens with one attached hydrogen (secondary N) is 1. The molecule has 1 amide bonds. The molecule has 5 nitrogen and oxygen atoms in total. The molecule has 0 bridgehead atoms. The van der Waals surface area contributed by atoms with Gasteiger partial charge < -0.3 is 10.2 Å². The highest BCUT2D eigenvalue weighted by molar-refractivity contribution is 6.04. The summed E-state index contributed by atoms with van der Waals surface area (Å²) in [6, 6.07) is 10.6. The molecule has 2 heterocycles. The van der Waals surface area contributed by atoms with Crippen molar-refractivity contribution in [2.45, 2.75) is 26.7 Å². The van der Waals surface area contributed by atoms with Gasteiger partial charge in [0.1, 0.15) is 5.69 Å². The Morgan fingerprint density at radius 3 is 2.76 bits per heavy atom. The number of hydrogen-bond donors (Lipinski definition) is 1. The van der Waals surface area contributed by atoms with E-state index in [1.54, 1.807) is 36.5 Å². The molecule has 1 aromatic carbocycles. The zero-order chi connectivity index (χ0) is 17.8. The van der Waals surface area contributed by atoms with E-state index in [0.29, 0.717) is 22.9 Å². The molecule has 1 aliphatic heterocycles. The largest absolute Gasteiger partial charge is 0.370 e. The second kappa shape index (κ2) is 7.47. The van der Waals surface area contributed by atoms with Crippen LogP contribution in [0.2, 0.25) is 0 Å². The zero-order valence-electron chi connectivity index (χ0n) is 14.7. The number of ketones is 1. The van der Waals surface area contributed by atoms with Crippen LogP contribution in [0.15, 0.2) is 42.6 Å². The third-order valence-electron chi connectivity index (χ3n) is 4.53. The minimum atomic E-state index is -0.278. The van der Waals surface area contributed by atoms with Crippen molar-refractivity contribution in [3.63, 3.8) is 0 Å². The van der Waals surface area contributed by atoms with Gasteiger partial charge in [0.15, 0.2) is 5.78 Å². The molecule has 1 unspecified atom stereocenters. The summed E-state index contributed by atoms with van der Waals surface area (Å²) in [5.41, 5.74) is 2.58. The normalized spacial score (nSPS) is 17.2. The van der Waals surface area contributed by atoms with Crippen LogP contribution in [0.5, 0.6) is 0 Å². The van der Waals surface area contributed by atoms with Gasteiger partial charge in [0, 0.05) is 24.3 Å². The Hall–Kier alpha value is -2.69. The van der Waals surface area contributed by atoms with Crippen molar-refractivity contribution in [3.8, 4) is 0 Å². The first-order chi connectivity index (χ1) is 12.0. The Bertz CT molecular complexity index is 771. The van der Waals surface area contributed by atoms with E-state index in [2.05, 4.69) is 22.1 Å². The summed E-state index contributed by atoms with van der Waals surface area (Å²) in [6.07, 6.45) is 4.22. The number of amides is 1. The van der Waals surface area contributed by atoms with Crippen LogP contribution in [0, 0.1) is 5.92 Å². The Morgan fingerprint density at radius 2 is 2.08 bits per heavy atom. The lowest BCUT2D eigenvalue weighted by Gasteiger charge is -2.32. The van der Waals surface area contributed by atoms with Crippen molar-refractivity contribution in [1.82, 2.24) is 4.98 Å². The predicted molar refractivity (Wildman–Crippen MR) is 99.2 cm³/mol. The summed E-state index contributed by atoms with van der Waals surface area (Å²) in [4.78, 5) is 30.4. The highest BCUT2D eigenvalue weighted by atomic mass is 16.2. The second-order valence-corrected chi connectivity index (χ2v) is 6.69. The van der Waals surface area contributed by atoms with E-state index in [4.69, 9.17) is 0 Å². The average molecular weight is 337 g/mol. The number of carbonyl (C=O) groups is 2. The van der Waals surface area contributed by atoms with Gasteiger partial charge in [-0.1, -0.05) is 19.1 Å². The van der Waals surface area contributed by atoms with Crippen LogP contribution in [0.4, 0.5) is 11.4 Å². The Kier molecular flexibility index (Phi) is 5.12. The van der Waals surface area contributed by atoms with Gasteiger partial charge >= 0.3 is 0 Å². The van der Waals surface area contributed by atoms with E-state index in [9.17, 15) is 9.59 Å². The highest BCUT2D eigenvalue weighted by Crippen LogP contribution is 2.22. The summed E-state index contributed by atoms with van der Waals surface area (Å²) in [6.45, 7) is 5.83. The van der Waals surface area contributed by atoms with Gasteiger partial charge in [-0.05, 0) is 49.9 Å². The van der Waals surface area contributed by atoms with E-state index in [1.807, 2.05) is 6.07 Å². The maximum atomic E-state index is 12.4. The third-order valence-corrected chi connectivity index (χ3v) is 4.53. The first-order valence-electron chi connectivity index (χ1n) is 8.66. The number of Topliss-reactive ketones (excluding diaryl/α,β-unsaturated/α-hetero) is 1. The molecule has 25 heavy (non-hydrogen) atoms. The van der Waals surface area contributed by atoms with Crippen LogP contribution >= 0.6 is 0 Å². The molecule has 1 atom stereocenters. The number of anilines is 2. The van der Waals surface area contributed by atoms with Crippen molar-refractivity contribution >= 4 is 23.1 Å². The molecule has 2 aromatic rings. The van der Waals surface area contributed by atoms with Crippen molar-refractivity contribution in [2.75, 3.05) is 23.3 Å². The van der Waals surface area contributed by atoms with Crippen LogP contribution < -0.4 is 10.2 Å². The molecule has 0 radical (unpaired) electrons. The molecule has 1 saturated heterocycles. The summed E-state index contributed by atoms with van der Waals surface area (Å²) in [5, 5.41) is 2.79. The lowest BCUT2D eigenvalue weighted by molar-refractivity contribution is 0.100. The second-order valence-electron chi connectivity index (χ2n) is 6.69. The quantitative estimate of drug-likeness (QED) is 0.863. The van der Waals surface area contributed by atoms with Crippen LogP contribution in [0.1, 0.15) is 47.5 Å². The monoisotopic (exact) mass is 337 g/mol. The summed E-state index contributed by atoms with van der Waals surface area (Å²) >= 11 is 0. The number of nitrogens with zero attached hydrogens (tertiary/aromatic N) is 2. The Labute approximate surface area is 148 Å². The number of carbonyl (C=O) groups excluding carboxylic acids is 2. The number of rotatable bonds is 4. The van der Waals surface area contributed by atoms with Gasteiger partial charge in [0.05, 0.1) is 11.9 Å². The Balaban J connectivity index is 1.68. The standard InChI is InChI=1S/C20H23N3O2/c1-14-5-4-10-23(13-14)18-8-9-19(21-12-18)20(25)22-17-7-3-6-16(11-17)15(2)24/h3,6-9,11-12,14H,4-5,10,13H2,1-2H3,(H,22,25). The molecular weight excluding hydrogens is 314 g/mol. The van der Waals surface area contributed by atoms with Gasteiger partial charge in [0.2, 0.25) is 0 Å². The smallest absolute Gasteiger partial charge is 0.274 e. The number of hydrogen-bond acceptors (Lipinski definition) is 4. The lowest BCUT2D eigenvalue weighted by Crippen LogP contribution is -2.34. The molecule has 3 rings (SSSR count). The molecule has 1 fully saturated rings. The SMILES string of the molecule is CC(=O)c1cccc(NC(=O)c2ccc(N3CCCC(C)C3)cn2)c1. The molecule has 0 aliphatic carbocycles. The molecular formula is C20H23N3O2. The van der Waals surface area contributed by atoms with Gasteiger partial charge in [-0.3, -0.25) is 9.59 Å². The molecule has 5 heteroatoms. The summed E-state index contributed by atoms with van der Waals surface area (Å²) in [7, 11) is 0. The first kappa shape index (κ1) is 17.1. The van der Waals surface area contributed by atoms with Crippen LogP contribution in [-0.4, -0.2) is 29.8 Å². The van der Waals surface area contributed by atoms with Crippen molar-refractivity contribution in [2.24, 2.45) is 5.92 Å². The minimum Gasteiger partial charge on any atom is -0.370 e. The highest BCUT2D eigenvalue weighted by Gasteiger charge is 2.17. The Morgan fingerprint density at radius 1 is 1.24 bits per heavy atom. The van der Waals surface area contributed by atoms with Gasteiger partial charge in [-0.15, -0.1) is 0 Å². The van der Waals surface area contributed by atoms with Gasteiger partial charge in [-0.25, -0.2) is 4.98 Å². The topological polar surface area (TPSA) is 62.3 Å². The number of piperidine rings is 1. The predicted octanol–water partition coefficient (Wildman–Crippen LogP) is 3.77. The van der Waals surface area contributed by atoms with Crippen molar-refractivity contribution in [1.29, 1.82) is 0 Å². The minimum absolute atomic E-state index is 0.0330. The lowest BCUT2D eigenvalue weighted by atomic mass is 10.00. The van der Waals surface area contributed by atoms with E-state index < -0.39 is 0 Å². The molecule has 1 aromatic heterocycles. The van der Waals surface area contributed by atoms with E-state index >= 15 is 0 Å². The molecule has 1 N–H and O–H groups in total. The van der Waals surface area contributed by atoms with E-state index in [1.165, 1.54) is 19.8 Å². The molecule has 1 aliphatic rings. The number of pyridine rings is 1. The summed E-state index contributed by atoms with van der Waals surface area (Å²) in [5.74, 6) is 0.374. The maximum absolute atomic E-state index is 12.4.